The molecule has 2 heterocycles. The van der Waals surface area contributed by atoms with E-state index in [4.69, 9.17) is 29.2 Å². The van der Waals surface area contributed by atoms with Gasteiger partial charge in [-0.3, -0.25) is 19.2 Å². The van der Waals surface area contributed by atoms with Gasteiger partial charge in [0.2, 0.25) is 11.8 Å². The molecule has 2 amide bonds. The molecule has 2 N–H and O–H groups in total. The number of benzene rings is 2. The van der Waals surface area contributed by atoms with Crippen molar-refractivity contribution in [1.82, 2.24) is 9.80 Å². The third-order valence-corrected chi connectivity index (χ3v) is 8.24. The highest BCUT2D eigenvalue weighted by Gasteiger charge is 2.36. The Morgan fingerprint density at radius 1 is 0.822 bits per heavy atom. The smallest absolute Gasteiger partial charge is 0.306 e. The maximum absolute atomic E-state index is 15.8. The van der Waals surface area contributed by atoms with Crippen molar-refractivity contribution in [2.75, 3.05) is 27.4 Å². The van der Waals surface area contributed by atoms with Gasteiger partial charge in [-0.05, 0) is 41.8 Å². The molecule has 0 saturated heterocycles. The Hall–Kier alpha value is -4.55. The lowest BCUT2D eigenvalue weighted by Crippen LogP contribution is -2.31. The number of aliphatic carboxylic acids is 2. The minimum absolute atomic E-state index is 0.0756. The van der Waals surface area contributed by atoms with Crippen LogP contribution in [0.2, 0.25) is 0 Å². The number of nitrogens with zero attached hydrogens (tertiary/aromatic N) is 2. The summed E-state index contributed by atoms with van der Waals surface area (Å²) in [5.41, 5.74) is 2.65. The topological polar surface area (TPSA) is 152 Å². The molecule has 0 saturated carbocycles. The van der Waals surface area contributed by atoms with Crippen LogP contribution in [0.3, 0.4) is 0 Å². The number of ether oxygens (including phenoxy) is 4. The number of hydrogen-bond donors (Lipinski definition) is 2. The highest BCUT2D eigenvalue weighted by Crippen LogP contribution is 2.44. The number of amides is 2. The first-order valence-electron chi connectivity index (χ1n) is 14.7. The number of rotatable bonds is 14. The van der Waals surface area contributed by atoms with Crippen LogP contribution < -0.4 is 18.9 Å². The van der Waals surface area contributed by atoms with Crippen LogP contribution in [0.4, 0.5) is 4.39 Å². The normalized spacial score (nSPS) is 16.4. The van der Waals surface area contributed by atoms with E-state index in [1.54, 1.807) is 30.0 Å². The van der Waals surface area contributed by atoms with Crippen LogP contribution in [-0.4, -0.2) is 71.2 Å². The lowest BCUT2D eigenvalue weighted by molar-refractivity contribution is -0.146. The number of carboxylic acid groups (broad SMARTS) is 2. The fourth-order valence-corrected chi connectivity index (χ4v) is 5.54. The Bertz CT molecular complexity index is 1480. The summed E-state index contributed by atoms with van der Waals surface area (Å²) in [6.07, 6.45) is 0.110. The van der Waals surface area contributed by atoms with Crippen LogP contribution in [0, 0.1) is 17.7 Å². The van der Waals surface area contributed by atoms with Crippen molar-refractivity contribution < 1.29 is 52.7 Å². The van der Waals surface area contributed by atoms with E-state index in [2.05, 4.69) is 0 Å². The molecule has 0 radical (unpaired) electrons. The van der Waals surface area contributed by atoms with Gasteiger partial charge in [0.1, 0.15) is 0 Å². The summed E-state index contributed by atoms with van der Waals surface area (Å²) in [5.74, 6) is -3.89. The Morgan fingerprint density at radius 2 is 1.36 bits per heavy atom. The predicted octanol–water partition coefficient (Wildman–Crippen LogP) is 4.16. The SMILES string of the molecule is COc1cc2c(cc1OCCCOc1c(OC)cc3c(c1F)C(C)N(C(=O)CC(C)C(=O)O)C3)CN(C(=O)C[C@H](C)C(=O)O)C2. The van der Waals surface area contributed by atoms with Gasteiger partial charge in [0.05, 0.1) is 45.3 Å². The second kappa shape index (κ2) is 14.0. The van der Waals surface area contributed by atoms with Crippen molar-refractivity contribution in [2.24, 2.45) is 11.8 Å². The average molecular weight is 631 g/mol. The first kappa shape index (κ1) is 33.3. The third-order valence-electron chi connectivity index (χ3n) is 8.24. The maximum Gasteiger partial charge on any atom is 0.306 e. The van der Waals surface area contributed by atoms with Crippen molar-refractivity contribution >= 4 is 23.8 Å². The molecule has 13 heteroatoms. The van der Waals surface area contributed by atoms with Crippen LogP contribution in [0.5, 0.6) is 23.0 Å². The van der Waals surface area contributed by atoms with Gasteiger partial charge in [-0.15, -0.1) is 0 Å². The van der Waals surface area contributed by atoms with Crippen LogP contribution in [0.25, 0.3) is 0 Å². The van der Waals surface area contributed by atoms with E-state index in [0.29, 0.717) is 42.1 Å². The van der Waals surface area contributed by atoms with Gasteiger partial charge in [0.15, 0.2) is 28.8 Å². The highest BCUT2D eigenvalue weighted by molar-refractivity contribution is 5.83. The number of hydrogen-bond acceptors (Lipinski definition) is 8. The molecule has 12 nitrogen and oxygen atoms in total. The number of fused-ring (bicyclic) bond motifs is 2. The first-order chi connectivity index (χ1) is 21.4. The van der Waals surface area contributed by atoms with E-state index in [-0.39, 0.29) is 55.9 Å². The van der Waals surface area contributed by atoms with E-state index in [0.717, 1.165) is 11.1 Å². The average Bonchev–Trinajstić information content (AvgIpc) is 3.57. The lowest BCUT2D eigenvalue weighted by atomic mass is 10.0. The molecule has 45 heavy (non-hydrogen) atoms. The highest BCUT2D eigenvalue weighted by atomic mass is 19.1. The van der Waals surface area contributed by atoms with Gasteiger partial charge in [0, 0.05) is 44.5 Å². The second-order valence-electron chi connectivity index (χ2n) is 11.5. The van der Waals surface area contributed by atoms with Gasteiger partial charge in [-0.1, -0.05) is 13.8 Å². The van der Waals surface area contributed by atoms with Gasteiger partial charge >= 0.3 is 11.9 Å². The molecule has 0 aliphatic carbocycles. The minimum atomic E-state index is -1.07. The summed E-state index contributed by atoms with van der Waals surface area (Å²) in [7, 11) is 2.91. The van der Waals surface area contributed by atoms with E-state index >= 15 is 4.39 Å². The molecule has 2 aliphatic rings. The number of carbonyl (C=O) groups is 4. The zero-order chi connectivity index (χ0) is 33.0. The van der Waals surface area contributed by atoms with E-state index in [9.17, 15) is 19.2 Å². The number of carbonyl (C=O) groups excluding carboxylic acids is 2. The number of carboxylic acids is 2. The lowest BCUT2D eigenvalue weighted by Gasteiger charge is -2.23. The standard InChI is InChI=1S/C32H39FN2O10/c1-17(31(38)39)9-26(36)34-14-20-11-23(42-4)24(12-21(20)15-34)44-7-6-8-45-30-25(43-5)13-22-16-35(19(3)28(22)29(30)33)27(37)10-18(2)32(40)41/h11-13,17-19H,6-10,14-16H2,1-5H3,(H,38,39)(H,40,41)/t17-,18?,19?/m0/s1. The Balaban J connectivity index is 1.36. The van der Waals surface area contributed by atoms with Crippen LogP contribution in [0.1, 0.15) is 68.3 Å². The molecule has 3 atom stereocenters. The largest absolute Gasteiger partial charge is 0.493 e. The zero-order valence-electron chi connectivity index (χ0n) is 26.1. The molecule has 244 valence electrons. The molecular formula is C32H39FN2O10. The predicted molar refractivity (Wildman–Crippen MR) is 158 cm³/mol. The van der Waals surface area contributed by atoms with Crippen molar-refractivity contribution in [2.45, 2.75) is 65.7 Å². The summed E-state index contributed by atoms with van der Waals surface area (Å²) in [4.78, 5) is 50.8. The van der Waals surface area contributed by atoms with E-state index in [1.165, 1.54) is 33.0 Å². The van der Waals surface area contributed by atoms with E-state index < -0.39 is 35.6 Å². The summed E-state index contributed by atoms with van der Waals surface area (Å²) in [6, 6.07) is 4.64. The molecular weight excluding hydrogens is 591 g/mol. The third kappa shape index (κ3) is 7.23. The van der Waals surface area contributed by atoms with Gasteiger partial charge < -0.3 is 39.0 Å². The molecule has 0 bridgehead atoms. The fraction of sp³-hybridized carbons (Fsp3) is 0.500. The quantitative estimate of drug-likeness (QED) is 0.291. The Labute approximate surface area is 260 Å². The Kier molecular flexibility index (Phi) is 10.4. The first-order valence-corrected chi connectivity index (χ1v) is 14.7. The van der Waals surface area contributed by atoms with Crippen LogP contribution >= 0.6 is 0 Å². The molecule has 2 aliphatic heterocycles. The van der Waals surface area contributed by atoms with Crippen molar-refractivity contribution in [3.63, 3.8) is 0 Å². The van der Waals surface area contributed by atoms with Crippen LogP contribution in [-0.2, 0) is 38.8 Å². The van der Waals surface area contributed by atoms with Crippen LogP contribution in [0.15, 0.2) is 18.2 Å². The van der Waals surface area contributed by atoms with Crippen molar-refractivity contribution in [3.8, 4) is 23.0 Å². The molecule has 2 unspecified atom stereocenters. The van der Waals surface area contributed by atoms with E-state index in [1.807, 2.05) is 0 Å². The second-order valence-corrected chi connectivity index (χ2v) is 11.5. The van der Waals surface area contributed by atoms with Crippen molar-refractivity contribution in [1.29, 1.82) is 0 Å². The summed E-state index contributed by atoms with van der Waals surface area (Å²) in [6.45, 7) is 5.78. The molecule has 4 rings (SSSR count). The molecule has 2 aromatic rings. The molecule has 2 aromatic carbocycles. The van der Waals surface area contributed by atoms with Gasteiger partial charge in [0.25, 0.3) is 0 Å². The molecule has 0 spiro atoms. The fourth-order valence-electron chi connectivity index (χ4n) is 5.54. The summed E-state index contributed by atoms with van der Waals surface area (Å²) in [5, 5.41) is 18.3. The maximum atomic E-state index is 15.8. The minimum Gasteiger partial charge on any atom is -0.493 e. The summed E-state index contributed by atoms with van der Waals surface area (Å²) < 4.78 is 38.4. The Morgan fingerprint density at radius 3 is 1.93 bits per heavy atom. The zero-order valence-corrected chi connectivity index (χ0v) is 26.1. The molecule has 0 aromatic heterocycles. The molecule has 0 fully saturated rings. The number of halogens is 1. The van der Waals surface area contributed by atoms with Gasteiger partial charge in [-0.25, -0.2) is 4.39 Å². The summed E-state index contributed by atoms with van der Waals surface area (Å²) >= 11 is 0. The number of methoxy groups -OCH3 is 2. The van der Waals surface area contributed by atoms with Crippen molar-refractivity contribution in [3.05, 3.63) is 46.3 Å². The monoisotopic (exact) mass is 630 g/mol. The van der Waals surface area contributed by atoms with Gasteiger partial charge in [-0.2, -0.15) is 0 Å².